The van der Waals surface area contributed by atoms with Gasteiger partial charge in [0, 0.05) is 12.2 Å². The van der Waals surface area contributed by atoms with Gasteiger partial charge in [-0.1, -0.05) is 17.7 Å². The summed E-state index contributed by atoms with van der Waals surface area (Å²) in [5.74, 6) is 0.542. The van der Waals surface area contributed by atoms with Crippen molar-refractivity contribution in [1.82, 2.24) is 0 Å². The first kappa shape index (κ1) is 9.53. The summed E-state index contributed by atoms with van der Waals surface area (Å²) in [6, 6.07) is 6.61. The van der Waals surface area contributed by atoms with Crippen LogP contribution >= 0.6 is 0 Å². The minimum Gasteiger partial charge on any atom is -0.385 e. The Morgan fingerprint density at radius 3 is 3.14 bits per heavy atom. The van der Waals surface area contributed by atoms with E-state index in [9.17, 15) is 0 Å². The van der Waals surface area contributed by atoms with Crippen LogP contribution in [0.25, 0.3) is 0 Å². The molecule has 0 spiro atoms. The van der Waals surface area contributed by atoms with Crippen LogP contribution in [0, 0.1) is 6.92 Å². The Morgan fingerprint density at radius 1 is 1.50 bits per heavy atom. The zero-order chi connectivity index (χ0) is 9.97. The molecule has 14 heavy (non-hydrogen) atoms. The van der Waals surface area contributed by atoms with Crippen molar-refractivity contribution in [3.63, 3.8) is 0 Å². The molecule has 2 rings (SSSR count). The second kappa shape index (κ2) is 4.01. The van der Waals surface area contributed by atoms with Crippen LogP contribution in [0.2, 0.25) is 0 Å². The van der Waals surface area contributed by atoms with Gasteiger partial charge in [0.1, 0.15) is 0 Å². The highest BCUT2D eigenvalue weighted by molar-refractivity contribution is 5.55. The van der Waals surface area contributed by atoms with E-state index in [0.29, 0.717) is 5.92 Å². The fourth-order valence-electron chi connectivity index (χ4n) is 2.15. The SMILES string of the molecule is Cc1ccc2c(c1)C(CN)CCCN2. The fourth-order valence-corrected chi connectivity index (χ4v) is 2.15. The third-order valence-corrected chi connectivity index (χ3v) is 2.98. The lowest BCUT2D eigenvalue weighted by Gasteiger charge is -2.15. The molecule has 2 heteroatoms. The highest BCUT2D eigenvalue weighted by Gasteiger charge is 2.16. The van der Waals surface area contributed by atoms with Gasteiger partial charge in [0.15, 0.2) is 0 Å². The maximum Gasteiger partial charge on any atom is 0.0376 e. The van der Waals surface area contributed by atoms with E-state index >= 15 is 0 Å². The highest BCUT2D eigenvalue weighted by atomic mass is 14.9. The third-order valence-electron chi connectivity index (χ3n) is 2.98. The van der Waals surface area contributed by atoms with Gasteiger partial charge >= 0.3 is 0 Å². The predicted molar refractivity (Wildman–Crippen MR) is 60.7 cm³/mol. The van der Waals surface area contributed by atoms with Gasteiger partial charge in [-0.3, -0.25) is 0 Å². The van der Waals surface area contributed by atoms with E-state index in [2.05, 4.69) is 30.4 Å². The number of hydrogen-bond acceptors (Lipinski definition) is 2. The molecule has 1 unspecified atom stereocenters. The number of nitrogens with two attached hydrogens (primary N) is 1. The van der Waals surface area contributed by atoms with Gasteiger partial charge in [0.25, 0.3) is 0 Å². The van der Waals surface area contributed by atoms with Crippen molar-refractivity contribution in [2.75, 3.05) is 18.4 Å². The van der Waals surface area contributed by atoms with Crippen LogP contribution in [-0.4, -0.2) is 13.1 Å². The summed E-state index contributed by atoms with van der Waals surface area (Å²) < 4.78 is 0. The van der Waals surface area contributed by atoms with Crippen molar-refractivity contribution in [3.05, 3.63) is 29.3 Å². The van der Waals surface area contributed by atoms with Crippen LogP contribution in [0.15, 0.2) is 18.2 Å². The summed E-state index contributed by atoms with van der Waals surface area (Å²) >= 11 is 0. The maximum absolute atomic E-state index is 5.81. The summed E-state index contributed by atoms with van der Waals surface area (Å²) in [4.78, 5) is 0. The van der Waals surface area contributed by atoms with Crippen LogP contribution in [0.5, 0.6) is 0 Å². The molecule has 1 atom stereocenters. The van der Waals surface area contributed by atoms with Crippen molar-refractivity contribution in [1.29, 1.82) is 0 Å². The first-order valence-electron chi connectivity index (χ1n) is 5.36. The Bertz CT molecular complexity index is 320. The Balaban J connectivity index is 2.40. The molecule has 1 heterocycles. The average Bonchev–Trinajstić information content (AvgIpc) is 2.39. The number of fused-ring (bicyclic) bond motifs is 1. The van der Waals surface area contributed by atoms with E-state index in [-0.39, 0.29) is 0 Å². The largest absolute Gasteiger partial charge is 0.385 e. The lowest BCUT2D eigenvalue weighted by atomic mass is 9.93. The Labute approximate surface area is 85.5 Å². The number of nitrogens with one attached hydrogen (secondary N) is 1. The zero-order valence-corrected chi connectivity index (χ0v) is 8.72. The normalized spacial score (nSPS) is 20.9. The number of anilines is 1. The molecule has 0 aromatic heterocycles. The van der Waals surface area contributed by atoms with E-state index in [1.54, 1.807) is 0 Å². The van der Waals surface area contributed by atoms with E-state index < -0.39 is 0 Å². The number of benzene rings is 1. The third kappa shape index (κ3) is 1.75. The van der Waals surface area contributed by atoms with Crippen molar-refractivity contribution < 1.29 is 0 Å². The lowest BCUT2D eigenvalue weighted by Crippen LogP contribution is -2.12. The smallest absolute Gasteiger partial charge is 0.0376 e. The second-order valence-corrected chi connectivity index (χ2v) is 4.09. The molecule has 1 aliphatic rings. The quantitative estimate of drug-likeness (QED) is 0.712. The second-order valence-electron chi connectivity index (χ2n) is 4.09. The van der Waals surface area contributed by atoms with E-state index in [4.69, 9.17) is 5.73 Å². The summed E-state index contributed by atoms with van der Waals surface area (Å²) in [7, 11) is 0. The van der Waals surface area contributed by atoms with Crippen LogP contribution < -0.4 is 11.1 Å². The van der Waals surface area contributed by atoms with E-state index in [0.717, 1.165) is 13.1 Å². The van der Waals surface area contributed by atoms with Gasteiger partial charge in [-0.2, -0.15) is 0 Å². The van der Waals surface area contributed by atoms with Crippen molar-refractivity contribution >= 4 is 5.69 Å². The van der Waals surface area contributed by atoms with Gasteiger partial charge < -0.3 is 11.1 Å². The Morgan fingerprint density at radius 2 is 2.36 bits per heavy atom. The number of aryl methyl sites for hydroxylation is 1. The molecule has 1 aliphatic heterocycles. The number of rotatable bonds is 1. The minimum absolute atomic E-state index is 0.542. The molecule has 3 N–H and O–H groups in total. The first-order chi connectivity index (χ1) is 6.81. The summed E-state index contributed by atoms with van der Waals surface area (Å²) in [6.07, 6.45) is 2.43. The molecule has 0 bridgehead atoms. The molecule has 2 nitrogen and oxygen atoms in total. The van der Waals surface area contributed by atoms with Crippen molar-refractivity contribution in [2.45, 2.75) is 25.7 Å². The predicted octanol–water partition coefficient (Wildman–Crippen LogP) is 2.24. The van der Waals surface area contributed by atoms with Crippen LogP contribution in [0.1, 0.15) is 29.9 Å². The molecular weight excluding hydrogens is 172 g/mol. The highest BCUT2D eigenvalue weighted by Crippen LogP contribution is 2.30. The maximum atomic E-state index is 5.81. The molecule has 76 valence electrons. The fraction of sp³-hybridized carbons (Fsp3) is 0.500. The molecule has 0 saturated heterocycles. The van der Waals surface area contributed by atoms with Gasteiger partial charge in [-0.25, -0.2) is 0 Å². The standard InChI is InChI=1S/C12H18N2/c1-9-4-5-12-11(7-9)10(8-13)3-2-6-14-12/h4-5,7,10,14H,2-3,6,8,13H2,1H3. The van der Waals surface area contributed by atoms with Gasteiger partial charge in [0.05, 0.1) is 0 Å². The average molecular weight is 190 g/mol. The van der Waals surface area contributed by atoms with Gasteiger partial charge in [-0.15, -0.1) is 0 Å². The van der Waals surface area contributed by atoms with Gasteiger partial charge in [-0.05, 0) is 43.9 Å². The van der Waals surface area contributed by atoms with Crippen LogP contribution in [0.3, 0.4) is 0 Å². The van der Waals surface area contributed by atoms with Crippen LogP contribution in [0.4, 0.5) is 5.69 Å². The molecule has 1 aromatic carbocycles. The monoisotopic (exact) mass is 190 g/mol. The molecular formula is C12H18N2. The van der Waals surface area contributed by atoms with E-state index in [1.807, 2.05) is 0 Å². The van der Waals surface area contributed by atoms with Crippen molar-refractivity contribution in [2.24, 2.45) is 5.73 Å². The van der Waals surface area contributed by atoms with Crippen molar-refractivity contribution in [3.8, 4) is 0 Å². The summed E-state index contributed by atoms with van der Waals surface area (Å²) in [6.45, 7) is 3.98. The molecule has 0 radical (unpaired) electrons. The molecule has 1 aromatic rings. The first-order valence-corrected chi connectivity index (χ1v) is 5.36. The molecule has 0 amide bonds. The molecule has 0 aliphatic carbocycles. The van der Waals surface area contributed by atoms with E-state index in [1.165, 1.54) is 29.7 Å². The minimum atomic E-state index is 0.542. The van der Waals surface area contributed by atoms with Gasteiger partial charge in [0.2, 0.25) is 0 Å². The summed E-state index contributed by atoms with van der Waals surface area (Å²) in [5, 5.41) is 3.46. The molecule has 0 fully saturated rings. The lowest BCUT2D eigenvalue weighted by molar-refractivity contribution is 0.626. The molecule has 0 saturated carbocycles. The Hall–Kier alpha value is -1.02. The summed E-state index contributed by atoms with van der Waals surface area (Å²) in [5.41, 5.74) is 9.82. The van der Waals surface area contributed by atoms with Crippen LogP contribution in [-0.2, 0) is 0 Å². The Kier molecular flexibility index (Phi) is 2.73. The number of hydrogen-bond donors (Lipinski definition) is 2. The zero-order valence-electron chi connectivity index (χ0n) is 8.72. The topological polar surface area (TPSA) is 38.0 Å².